The van der Waals surface area contributed by atoms with Gasteiger partial charge in [-0.15, -0.1) is 11.6 Å². The first-order valence-corrected chi connectivity index (χ1v) is 13.4. The number of nitrogens with zero attached hydrogens (tertiary/aromatic N) is 1. The molecule has 3 aliphatic heterocycles. The molecule has 2 saturated heterocycles. The molecule has 3 fully saturated rings. The van der Waals surface area contributed by atoms with Crippen molar-refractivity contribution in [2.45, 2.75) is 81.4 Å². The number of alkyl halides is 3. The molecule has 37 heavy (non-hydrogen) atoms. The number of carbonyl (C=O) groups excluding carboxylic acids is 4. The molecular formula is C26H31ClF2N4O4. The number of hydrogen-bond donors (Lipinski definition) is 3. The van der Waals surface area contributed by atoms with E-state index in [1.54, 1.807) is 18.2 Å². The highest BCUT2D eigenvalue weighted by Gasteiger charge is 2.54. The number of nitrogens with one attached hydrogen (secondary N) is 3. The molecule has 0 spiro atoms. The van der Waals surface area contributed by atoms with Crippen LogP contribution in [-0.2, 0) is 27.5 Å². The first-order valence-electron chi connectivity index (χ1n) is 12.9. The highest BCUT2D eigenvalue weighted by molar-refractivity contribution is 6.20. The van der Waals surface area contributed by atoms with E-state index in [4.69, 9.17) is 11.6 Å². The second-order valence-electron chi connectivity index (χ2n) is 10.6. The number of carbonyl (C=O) groups is 4. The van der Waals surface area contributed by atoms with E-state index in [1.807, 2.05) is 0 Å². The van der Waals surface area contributed by atoms with E-state index in [0.29, 0.717) is 23.1 Å². The van der Waals surface area contributed by atoms with E-state index < -0.39 is 29.8 Å². The fraction of sp³-hybridized carbons (Fsp3) is 0.615. The molecule has 5 rings (SSSR count). The zero-order chi connectivity index (χ0) is 26.3. The Hall–Kier alpha value is -2.59. The van der Waals surface area contributed by atoms with Gasteiger partial charge in [0.15, 0.2) is 0 Å². The Labute approximate surface area is 218 Å². The van der Waals surface area contributed by atoms with E-state index in [1.165, 1.54) is 4.90 Å². The minimum Gasteiger partial charge on any atom is -0.347 e. The number of rotatable bonds is 6. The molecular weight excluding hydrogens is 506 g/mol. The SMILES string of the molecule is O=C1CCC(N2Cc3cc(CNC(=O)C(F)(F)C4NCC(Cl)CC4C4CCCC4)ccc3C2=O)C(=O)N1. The molecule has 0 aromatic heterocycles. The Morgan fingerprint density at radius 1 is 1.16 bits per heavy atom. The Bertz CT molecular complexity index is 1110. The van der Waals surface area contributed by atoms with Crippen molar-refractivity contribution in [3.63, 3.8) is 0 Å². The third-order valence-electron chi connectivity index (χ3n) is 8.26. The van der Waals surface area contributed by atoms with Gasteiger partial charge in [-0.25, -0.2) is 0 Å². The number of halogens is 3. The summed E-state index contributed by atoms with van der Waals surface area (Å²) in [6.07, 6.45) is 4.67. The van der Waals surface area contributed by atoms with Gasteiger partial charge in [0.1, 0.15) is 6.04 Å². The molecule has 1 aliphatic carbocycles. The van der Waals surface area contributed by atoms with Crippen molar-refractivity contribution in [1.82, 2.24) is 20.9 Å². The van der Waals surface area contributed by atoms with Crippen molar-refractivity contribution < 1.29 is 28.0 Å². The number of benzene rings is 1. The lowest BCUT2D eigenvalue weighted by Gasteiger charge is -2.41. The van der Waals surface area contributed by atoms with Gasteiger partial charge in [0.2, 0.25) is 11.8 Å². The minimum atomic E-state index is -3.60. The van der Waals surface area contributed by atoms with Gasteiger partial charge >= 0.3 is 5.92 Å². The first kappa shape index (κ1) is 26.0. The maximum atomic E-state index is 15.4. The Morgan fingerprint density at radius 2 is 1.92 bits per heavy atom. The standard InChI is InChI=1S/C26H31ClF2N4O4/c27-17-10-19(15-3-1-2-4-15)22(30-12-17)26(28,29)25(37)31-11-14-5-6-18-16(9-14)13-33(24(18)36)20-7-8-21(34)32-23(20)35/h5-6,9,15,17,19-20,22,30H,1-4,7-8,10-13H2,(H,31,37)(H,32,34,35). The van der Waals surface area contributed by atoms with Crippen molar-refractivity contribution >= 4 is 35.2 Å². The van der Waals surface area contributed by atoms with Crippen LogP contribution in [-0.4, -0.2) is 58.5 Å². The maximum Gasteiger partial charge on any atom is 0.339 e. The average molecular weight is 537 g/mol. The molecule has 0 radical (unpaired) electrons. The van der Waals surface area contributed by atoms with Gasteiger partial charge in [0.05, 0.1) is 6.04 Å². The van der Waals surface area contributed by atoms with Crippen molar-refractivity contribution in [2.24, 2.45) is 11.8 Å². The van der Waals surface area contributed by atoms with Gasteiger partial charge in [-0.2, -0.15) is 8.78 Å². The van der Waals surface area contributed by atoms with Crippen molar-refractivity contribution in [2.75, 3.05) is 6.54 Å². The quantitative estimate of drug-likeness (QED) is 0.382. The minimum absolute atomic E-state index is 0.118. The van der Waals surface area contributed by atoms with Gasteiger partial charge in [0.25, 0.3) is 11.8 Å². The lowest BCUT2D eigenvalue weighted by molar-refractivity contribution is -0.155. The summed E-state index contributed by atoms with van der Waals surface area (Å²) in [4.78, 5) is 50.7. The number of amides is 4. The van der Waals surface area contributed by atoms with Crippen molar-refractivity contribution in [3.8, 4) is 0 Å². The van der Waals surface area contributed by atoms with E-state index in [-0.39, 0.29) is 61.5 Å². The predicted molar refractivity (Wildman–Crippen MR) is 131 cm³/mol. The lowest BCUT2D eigenvalue weighted by atomic mass is 9.76. The molecule has 0 bridgehead atoms. The highest BCUT2D eigenvalue weighted by atomic mass is 35.5. The molecule has 8 nitrogen and oxygen atoms in total. The van der Waals surface area contributed by atoms with E-state index in [0.717, 1.165) is 25.7 Å². The second kappa shape index (κ2) is 10.3. The largest absolute Gasteiger partial charge is 0.347 e. The zero-order valence-electron chi connectivity index (χ0n) is 20.4. The monoisotopic (exact) mass is 536 g/mol. The number of imide groups is 1. The molecule has 200 valence electrons. The number of hydrogen-bond acceptors (Lipinski definition) is 5. The lowest BCUT2D eigenvalue weighted by Crippen LogP contribution is -2.62. The van der Waals surface area contributed by atoms with Crippen LogP contribution < -0.4 is 16.0 Å². The third-order valence-corrected chi connectivity index (χ3v) is 8.59. The topological polar surface area (TPSA) is 108 Å². The van der Waals surface area contributed by atoms with Crippen LogP contribution in [0.3, 0.4) is 0 Å². The van der Waals surface area contributed by atoms with Crippen LogP contribution in [0.5, 0.6) is 0 Å². The van der Waals surface area contributed by atoms with Crippen molar-refractivity contribution in [3.05, 3.63) is 34.9 Å². The van der Waals surface area contributed by atoms with E-state index in [2.05, 4.69) is 16.0 Å². The normalized spacial score (nSPS) is 28.8. The Kier molecular flexibility index (Phi) is 7.24. The van der Waals surface area contributed by atoms with Crippen LogP contribution in [0.25, 0.3) is 0 Å². The molecule has 4 amide bonds. The summed E-state index contributed by atoms with van der Waals surface area (Å²) in [6, 6.07) is 2.90. The van der Waals surface area contributed by atoms with Gasteiger partial charge in [-0.05, 0) is 41.9 Å². The zero-order valence-corrected chi connectivity index (χ0v) is 21.2. The second-order valence-corrected chi connectivity index (χ2v) is 11.2. The molecule has 4 atom stereocenters. The number of fused-ring (bicyclic) bond motifs is 1. The first-order chi connectivity index (χ1) is 17.6. The number of piperidine rings is 2. The highest BCUT2D eigenvalue weighted by Crippen LogP contribution is 2.42. The fourth-order valence-electron chi connectivity index (χ4n) is 6.35. The smallest absolute Gasteiger partial charge is 0.339 e. The van der Waals surface area contributed by atoms with Gasteiger partial charge in [-0.1, -0.05) is 37.8 Å². The maximum absolute atomic E-state index is 15.4. The van der Waals surface area contributed by atoms with Crippen LogP contribution in [0.15, 0.2) is 18.2 Å². The van der Waals surface area contributed by atoms with Crippen LogP contribution >= 0.6 is 11.6 Å². The summed E-state index contributed by atoms with van der Waals surface area (Å²) in [5, 5.41) is 7.27. The Morgan fingerprint density at radius 3 is 2.65 bits per heavy atom. The summed E-state index contributed by atoms with van der Waals surface area (Å²) in [5.41, 5.74) is 1.65. The van der Waals surface area contributed by atoms with Crippen LogP contribution in [0.2, 0.25) is 0 Å². The molecule has 3 N–H and O–H groups in total. The summed E-state index contributed by atoms with van der Waals surface area (Å²) < 4.78 is 30.8. The van der Waals surface area contributed by atoms with Crippen LogP contribution in [0.4, 0.5) is 8.78 Å². The summed E-state index contributed by atoms with van der Waals surface area (Å²) in [5.74, 6) is -6.32. The van der Waals surface area contributed by atoms with E-state index in [9.17, 15) is 19.2 Å². The average Bonchev–Trinajstić information content (AvgIpc) is 3.51. The molecule has 1 saturated carbocycles. The molecule has 1 aromatic rings. The molecule has 3 heterocycles. The van der Waals surface area contributed by atoms with Gasteiger partial charge < -0.3 is 15.5 Å². The summed E-state index contributed by atoms with van der Waals surface area (Å²) >= 11 is 6.28. The summed E-state index contributed by atoms with van der Waals surface area (Å²) in [7, 11) is 0. The van der Waals surface area contributed by atoms with Crippen LogP contribution in [0.1, 0.15) is 66.4 Å². The molecule has 1 aromatic carbocycles. The fourth-order valence-corrected chi connectivity index (χ4v) is 6.64. The summed E-state index contributed by atoms with van der Waals surface area (Å²) in [6.45, 7) is 0.293. The molecule has 4 unspecified atom stereocenters. The van der Waals surface area contributed by atoms with Crippen molar-refractivity contribution in [1.29, 1.82) is 0 Å². The van der Waals surface area contributed by atoms with Gasteiger partial charge in [-0.3, -0.25) is 24.5 Å². The van der Waals surface area contributed by atoms with E-state index >= 15 is 8.78 Å². The third kappa shape index (κ3) is 5.10. The Balaban J connectivity index is 1.23. The predicted octanol–water partition coefficient (Wildman–Crippen LogP) is 2.47. The van der Waals surface area contributed by atoms with Crippen LogP contribution in [0, 0.1) is 11.8 Å². The molecule has 4 aliphatic rings. The molecule has 11 heteroatoms. The van der Waals surface area contributed by atoms with Gasteiger partial charge in [0, 0.05) is 37.0 Å².